The minimum Gasteiger partial charge on any atom is -0.481 e. The van der Waals surface area contributed by atoms with Gasteiger partial charge in [0.25, 0.3) is 0 Å². The molecule has 2 aliphatic heterocycles. The summed E-state index contributed by atoms with van der Waals surface area (Å²) >= 11 is 0. The van der Waals surface area contributed by atoms with Crippen LogP contribution in [0.25, 0.3) is 0 Å². The van der Waals surface area contributed by atoms with Crippen molar-refractivity contribution >= 4 is 23.3 Å². The van der Waals surface area contributed by atoms with Crippen molar-refractivity contribution in [3.8, 4) is 0 Å². The molecule has 1 amide bonds. The molecule has 2 bridgehead atoms. The number of ketones is 1. The number of carbonyl (C=O) groups is 3. The summed E-state index contributed by atoms with van der Waals surface area (Å²) in [6.45, 7) is 1.42. The number of hydrogen-bond acceptors (Lipinski definition) is 4. The maximum atomic E-state index is 12.5. The first-order valence-electron chi connectivity index (χ1n) is 7.28. The predicted molar refractivity (Wildman–Crippen MR) is 77.6 cm³/mol. The van der Waals surface area contributed by atoms with Crippen molar-refractivity contribution in [3.63, 3.8) is 0 Å². The van der Waals surface area contributed by atoms with Gasteiger partial charge in [-0.15, -0.1) is 0 Å². The molecule has 1 aromatic carbocycles. The number of fused-ring (bicyclic) bond motifs is 2. The van der Waals surface area contributed by atoms with Crippen LogP contribution in [0.2, 0.25) is 0 Å². The number of benzene rings is 1. The number of amides is 1. The third kappa shape index (κ3) is 2.39. The first kappa shape index (κ1) is 14.7. The number of para-hydroxylation sites is 1. The molecular weight excluding hydrogens is 286 g/mol. The molecular formula is C16H17NO5. The van der Waals surface area contributed by atoms with Gasteiger partial charge >= 0.3 is 5.97 Å². The average Bonchev–Trinajstić information content (AvgIpc) is 3.08. The largest absolute Gasteiger partial charge is 0.481 e. The van der Waals surface area contributed by atoms with Gasteiger partial charge in [-0.25, -0.2) is 0 Å². The number of nitrogens with one attached hydrogen (secondary N) is 1. The lowest BCUT2D eigenvalue weighted by atomic mass is 9.78. The lowest BCUT2D eigenvalue weighted by Gasteiger charge is -2.24. The molecule has 3 rings (SSSR count). The van der Waals surface area contributed by atoms with Gasteiger partial charge in [-0.1, -0.05) is 12.1 Å². The Labute approximate surface area is 127 Å². The molecule has 2 heterocycles. The molecule has 2 saturated heterocycles. The minimum atomic E-state index is -1.01. The highest BCUT2D eigenvalue weighted by Crippen LogP contribution is 2.44. The van der Waals surface area contributed by atoms with E-state index in [-0.39, 0.29) is 18.0 Å². The second kappa shape index (κ2) is 5.53. The first-order valence-corrected chi connectivity index (χ1v) is 7.28. The fourth-order valence-corrected chi connectivity index (χ4v) is 3.44. The standard InChI is InChI=1S/C16H17NO5/c1-8(18)9-4-2-3-5-10(9)17-15(19)13-11-6-7-12(22-11)14(13)16(20)21/h2-5,11-14H,6-7H2,1H3,(H,17,19)(H,20,21). The van der Waals surface area contributed by atoms with E-state index in [0.29, 0.717) is 24.1 Å². The highest BCUT2D eigenvalue weighted by atomic mass is 16.5. The molecule has 0 aliphatic carbocycles. The average molecular weight is 303 g/mol. The van der Waals surface area contributed by atoms with Gasteiger partial charge in [0.1, 0.15) is 0 Å². The molecule has 0 spiro atoms. The Morgan fingerprint density at radius 1 is 1.14 bits per heavy atom. The normalized spacial score (nSPS) is 29.3. The second-order valence-electron chi connectivity index (χ2n) is 5.77. The molecule has 116 valence electrons. The highest BCUT2D eigenvalue weighted by Gasteiger charge is 2.55. The van der Waals surface area contributed by atoms with Crippen LogP contribution in [-0.2, 0) is 14.3 Å². The number of carboxylic acids is 1. The zero-order chi connectivity index (χ0) is 15.9. The van der Waals surface area contributed by atoms with Gasteiger partial charge in [0.05, 0.1) is 29.7 Å². The van der Waals surface area contributed by atoms with Crippen molar-refractivity contribution in [2.24, 2.45) is 11.8 Å². The lowest BCUT2D eigenvalue weighted by molar-refractivity contribution is -0.147. The maximum absolute atomic E-state index is 12.5. The summed E-state index contributed by atoms with van der Waals surface area (Å²) in [6.07, 6.45) is 0.632. The second-order valence-corrected chi connectivity index (χ2v) is 5.77. The summed E-state index contributed by atoms with van der Waals surface area (Å²) in [6, 6.07) is 6.70. The third-order valence-corrected chi connectivity index (χ3v) is 4.43. The van der Waals surface area contributed by atoms with Gasteiger partial charge in [0.2, 0.25) is 5.91 Å². The lowest BCUT2D eigenvalue weighted by Crippen LogP contribution is -2.41. The van der Waals surface area contributed by atoms with Crippen LogP contribution in [0, 0.1) is 11.8 Å². The molecule has 22 heavy (non-hydrogen) atoms. The molecule has 4 unspecified atom stereocenters. The Kier molecular flexibility index (Phi) is 3.70. The molecule has 6 nitrogen and oxygen atoms in total. The summed E-state index contributed by atoms with van der Waals surface area (Å²) in [5.74, 6) is -3.09. The molecule has 0 radical (unpaired) electrons. The Balaban J connectivity index is 1.83. The van der Waals surface area contributed by atoms with Crippen LogP contribution in [0.3, 0.4) is 0 Å². The minimum absolute atomic E-state index is 0.158. The summed E-state index contributed by atoms with van der Waals surface area (Å²) in [7, 11) is 0. The maximum Gasteiger partial charge on any atom is 0.310 e. The number of hydrogen-bond donors (Lipinski definition) is 2. The Morgan fingerprint density at radius 3 is 2.41 bits per heavy atom. The van der Waals surface area contributed by atoms with Gasteiger partial charge < -0.3 is 15.2 Å². The smallest absolute Gasteiger partial charge is 0.310 e. The van der Waals surface area contributed by atoms with Crippen molar-refractivity contribution in [2.75, 3.05) is 5.32 Å². The summed E-state index contributed by atoms with van der Waals surface area (Å²) in [5.41, 5.74) is 0.818. The molecule has 2 N–H and O–H groups in total. The first-order chi connectivity index (χ1) is 10.5. The molecule has 1 aromatic rings. The monoisotopic (exact) mass is 303 g/mol. The fraction of sp³-hybridized carbons (Fsp3) is 0.438. The van der Waals surface area contributed by atoms with Crippen molar-refractivity contribution in [1.29, 1.82) is 0 Å². The van der Waals surface area contributed by atoms with E-state index < -0.39 is 23.7 Å². The van der Waals surface area contributed by atoms with E-state index in [1.165, 1.54) is 6.92 Å². The van der Waals surface area contributed by atoms with Gasteiger partial charge in [-0.3, -0.25) is 14.4 Å². The van der Waals surface area contributed by atoms with Crippen LogP contribution in [-0.4, -0.2) is 35.0 Å². The molecule has 2 aliphatic rings. The zero-order valence-electron chi connectivity index (χ0n) is 12.1. The number of ether oxygens (including phenoxy) is 1. The van der Waals surface area contributed by atoms with Crippen LogP contribution >= 0.6 is 0 Å². The predicted octanol–water partition coefficient (Wildman–Crippen LogP) is 1.71. The molecule has 0 saturated carbocycles. The van der Waals surface area contributed by atoms with Crippen LogP contribution < -0.4 is 5.32 Å². The van der Waals surface area contributed by atoms with Crippen molar-refractivity contribution in [2.45, 2.75) is 32.0 Å². The molecule has 4 atom stereocenters. The number of aliphatic carboxylic acids is 1. The van der Waals surface area contributed by atoms with Crippen LogP contribution in [0.4, 0.5) is 5.69 Å². The number of carbonyl (C=O) groups excluding carboxylic acids is 2. The third-order valence-electron chi connectivity index (χ3n) is 4.43. The number of carboxylic acid groups (broad SMARTS) is 1. The van der Waals surface area contributed by atoms with Gasteiger partial charge in [0, 0.05) is 5.56 Å². The van der Waals surface area contributed by atoms with Crippen LogP contribution in [0.15, 0.2) is 24.3 Å². The Hall–Kier alpha value is -2.21. The van der Waals surface area contributed by atoms with E-state index in [1.54, 1.807) is 24.3 Å². The van der Waals surface area contributed by atoms with E-state index in [4.69, 9.17) is 4.74 Å². The van der Waals surface area contributed by atoms with Crippen LogP contribution in [0.1, 0.15) is 30.1 Å². The molecule has 6 heteroatoms. The highest BCUT2D eigenvalue weighted by molar-refractivity contribution is 6.05. The zero-order valence-corrected chi connectivity index (χ0v) is 12.1. The van der Waals surface area contributed by atoms with Crippen LogP contribution in [0.5, 0.6) is 0 Å². The van der Waals surface area contributed by atoms with E-state index in [2.05, 4.69) is 5.32 Å². The SMILES string of the molecule is CC(=O)c1ccccc1NC(=O)C1C2CCC(O2)C1C(=O)O. The van der Waals surface area contributed by atoms with E-state index in [1.807, 2.05) is 0 Å². The summed E-state index contributed by atoms with van der Waals surface area (Å²) < 4.78 is 5.59. The number of rotatable bonds is 4. The molecule has 2 fully saturated rings. The van der Waals surface area contributed by atoms with E-state index in [0.717, 1.165) is 0 Å². The Bertz CT molecular complexity index is 641. The topological polar surface area (TPSA) is 92.7 Å². The van der Waals surface area contributed by atoms with Crippen molar-refractivity contribution in [3.05, 3.63) is 29.8 Å². The van der Waals surface area contributed by atoms with Gasteiger partial charge in [-0.05, 0) is 31.9 Å². The fourth-order valence-electron chi connectivity index (χ4n) is 3.44. The van der Waals surface area contributed by atoms with E-state index in [9.17, 15) is 19.5 Å². The van der Waals surface area contributed by atoms with Gasteiger partial charge in [-0.2, -0.15) is 0 Å². The molecule has 0 aromatic heterocycles. The van der Waals surface area contributed by atoms with Gasteiger partial charge in [0.15, 0.2) is 5.78 Å². The number of anilines is 1. The number of Topliss-reactive ketones (excluding diaryl/α,β-unsaturated/α-hetero) is 1. The Morgan fingerprint density at radius 2 is 1.77 bits per heavy atom. The van der Waals surface area contributed by atoms with Crippen molar-refractivity contribution < 1.29 is 24.2 Å². The summed E-state index contributed by atoms with van der Waals surface area (Å²) in [5, 5.41) is 12.0. The van der Waals surface area contributed by atoms with Crippen molar-refractivity contribution in [1.82, 2.24) is 0 Å². The van der Waals surface area contributed by atoms with E-state index >= 15 is 0 Å². The summed E-state index contributed by atoms with van der Waals surface area (Å²) in [4.78, 5) is 35.5. The quantitative estimate of drug-likeness (QED) is 0.826.